The normalized spacial score (nSPS) is 13.4. The minimum atomic E-state index is 0.150. The molecule has 0 amide bonds. The van der Waals surface area contributed by atoms with Gasteiger partial charge in [-0.2, -0.15) is 0 Å². The van der Waals surface area contributed by atoms with E-state index in [4.69, 9.17) is 0 Å². The van der Waals surface area contributed by atoms with E-state index in [2.05, 4.69) is 30.2 Å². The van der Waals surface area contributed by atoms with Gasteiger partial charge in [-0.3, -0.25) is 10.6 Å². The third kappa shape index (κ3) is 8.17. The molecule has 0 aliphatic heterocycles. The smallest absolute Gasteiger partial charge is 0.102 e. The highest BCUT2D eigenvalue weighted by Gasteiger charge is 1.94. The Morgan fingerprint density at radius 2 is 2.00 bits per heavy atom. The molecule has 0 aromatic rings. The van der Waals surface area contributed by atoms with Gasteiger partial charge < -0.3 is 0 Å². The lowest BCUT2D eigenvalue weighted by Crippen LogP contribution is -2.35. The molecule has 0 aromatic carbocycles. The zero-order valence-corrected chi connectivity index (χ0v) is 8.45. The molecule has 68 valence electrons. The minimum absolute atomic E-state index is 0.150. The van der Waals surface area contributed by atoms with Crippen molar-refractivity contribution >= 4 is 12.6 Å². The van der Waals surface area contributed by atoms with Crippen LogP contribution in [-0.4, -0.2) is 19.1 Å². The summed E-state index contributed by atoms with van der Waals surface area (Å²) in [6, 6.07) is 0. The standard InChI is InChI=1S/C8H20N2S/c1-3-4-5-6-7-10-8(11)9-2/h8-11H,3-7H2,1-2H3. The lowest BCUT2D eigenvalue weighted by atomic mass is 10.2. The van der Waals surface area contributed by atoms with Crippen LogP contribution in [0, 0.1) is 0 Å². The van der Waals surface area contributed by atoms with E-state index in [1.54, 1.807) is 0 Å². The molecule has 0 aliphatic carbocycles. The Morgan fingerprint density at radius 1 is 1.27 bits per heavy atom. The van der Waals surface area contributed by atoms with E-state index in [1.165, 1.54) is 25.7 Å². The van der Waals surface area contributed by atoms with E-state index in [-0.39, 0.29) is 5.50 Å². The molecule has 0 aliphatic rings. The van der Waals surface area contributed by atoms with Gasteiger partial charge in [-0.25, -0.2) is 0 Å². The number of nitrogens with one attached hydrogen (secondary N) is 2. The van der Waals surface area contributed by atoms with Gasteiger partial charge in [0.05, 0.1) is 0 Å². The maximum Gasteiger partial charge on any atom is 0.102 e. The Bertz CT molecular complexity index is 78.5. The number of rotatable bonds is 7. The van der Waals surface area contributed by atoms with Gasteiger partial charge in [0.25, 0.3) is 0 Å². The van der Waals surface area contributed by atoms with Gasteiger partial charge in [0.2, 0.25) is 0 Å². The molecule has 0 fully saturated rings. The number of unbranched alkanes of at least 4 members (excludes halogenated alkanes) is 3. The van der Waals surface area contributed by atoms with E-state index in [1.807, 2.05) is 7.05 Å². The molecule has 3 heteroatoms. The van der Waals surface area contributed by atoms with Crippen molar-refractivity contribution in [2.24, 2.45) is 0 Å². The molecule has 0 aromatic heterocycles. The zero-order chi connectivity index (χ0) is 8.53. The first kappa shape index (κ1) is 11.3. The van der Waals surface area contributed by atoms with Crippen LogP contribution in [0.2, 0.25) is 0 Å². The molecule has 0 radical (unpaired) electrons. The Labute approximate surface area is 75.5 Å². The number of thiol groups is 1. The van der Waals surface area contributed by atoms with Crippen LogP contribution in [0.3, 0.4) is 0 Å². The van der Waals surface area contributed by atoms with Crippen LogP contribution in [0.4, 0.5) is 0 Å². The maximum absolute atomic E-state index is 4.23. The van der Waals surface area contributed by atoms with E-state index in [0.29, 0.717) is 0 Å². The van der Waals surface area contributed by atoms with Gasteiger partial charge >= 0.3 is 0 Å². The maximum atomic E-state index is 4.23. The molecule has 2 N–H and O–H groups in total. The Hall–Kier alpha value is 0.270. The highest BCUT2D eigenvalue weighted by Crippen LogP contribution is 1.97. The second kappa shape index (κ2) is 8.37. The molecule has 0 bridgehead atoms. The lowest BCUT2D eigenvalue weighted by Gasteiger charge is -2.10. The van der Waals surface area contributed by atoms with Crippen molar-refractivity contribution in [1.82, 2.24) is 10.6 Å². The summed E-state index contributed by atoms with van der Waals surface area (Å²) in [5, 5.41) is 6.25. The topological polar surface area (TPSA) is 24.1 Å². The van der Waals surface area contributed by atoms with Crippen molar-refractivity contribution in [3.8, 4) is 0 Å². The second-order valence-electron chi connectivity index (χ2n) is 2.71. The first-order valence-electron chi connectivity index (χ1n) is 4.40. The summed E-state index contributed by atoms with van der Waals surface area (Å²) < 4.78 is 0. The summed E-state index contributed by atoms with van der Waals surface area (Å²) in [7, 11) is 1.90. The fourth-order valence-electron chi connectivity index (χ4n) is 0.893. The van der Waals surface area contributed by atoms with E-state index < -0.39 is 0 Å². The Kier molecular flexibility index (Phi) is 8.57. The summed E-state index contributed by atoms with van der Waals surface area (Å²) in [6.07, 6.45) is 5.23. The molecular formula is C8H20N2S. The zero-order valence-electron chi connectivity index (χ0n) is 7.56. The second-order valence-corrected chi connectivity index (χ2v) is 3.22. The molecule has 1 atom stereocenters. The summed E-state index contributed by atoms with van der Waals surface area (Å²) >= 11 is 4.23. The molecule has 0 saturated carbocycles. The third-order valence-electron chi connectivity index (χ3n) is 1.64. The fourth-order valence-corrected chi connectivity index (χ4v) is 1.02. The molecule has 11 heavy (non-hydrogen) atoms. The van der Waals surface area contributed by atoms with Crippen LogP contribution in [0.1, 0.15) is 32.6 Å². The fraction of sp³-hybridized carbons (Fsp3) is 1.00. The summed E-state index contributed by atoms with van der Waals surface area (Å²) in [4.78, 5) is 0. The molecule has 1 unspecified atom stereocenters. The monoisotopic (exact) mass is 176 g/mol. The van der Waals surface area contributed by atoms with Crippen molar-refractivity contribution in [3.05, 3.63) is 0 Å². The van der Waals surface area contributed by atoms with E-state index in [9.17, 15) is 0 Å². The third-order valence-corrected chi connectivity index (χ3v) is 2.08. The Balaban J connectivity index is 2.89. The summed E-state index contributed by atoms with van der Waals surface area (Å²) in [6.45, 7) is 3.29. The molecule has 0 spiro atoms. The average Bonchev–Trinajstić information content (AvgIpc) is 2.04. The number of hydrogen-bond donors (Lipinski definition) is 3. The van der Waals surface area contributed by atoms with Crippen molar-refractivity contribution in [3.63, 3.8) is 0 Å². The van der Waals surface area contributed by atoms with Gasteiger partial charge in [-0.1, -0.05) is 26.2 Å². The van der Waals surface area contributed by atoms with Gasteiger partial charge in [0.15, 0.2) is 0 Å². The molecule has 0 rings (SSSR count). The van der Waals surface area contributed by atoms with Crippen LogP contribution in [0.5, 0.6) is 0 Å². The van der Waals surface area contributed by atoms with Crippen LogP contribution >= 0.6 is 12.6 Å². The average molecular weight is 176 g/mol. The van der Waals surface area contributed by atoms with Crippen molar-refractivity contribution < 1.29 is 0 Å². The summed E-state index contributed by atoms with van der Waals surface area (Å²) in [5.41, 5.74) is 0.150. The minimum Gasteiger partial charge on any atom is -0.297 e. The molecular weight excluding hydrogens is 156 g/mol. The lowest BCUT2D eigenvalue weighted by molar-refractivity contribution is 0.551. The molecule has 2 nitrogen and oxygen atoms in total. The molecule has 0 saturated heterocycles. The largest absolute Gasteiger partial charge is 0.297 e. The van der Waals surface area contributed by atoms with Gasteiger partial charge in [0.1, 0.15) is 5.50 Å². The predicted molar refractivity (Wildman–Crippen MR) is 54.0 cm³/mol. The number of hydrogen-bond acceptors (Lipinski definition) is 3. The van der Waals surface area contributed by atoms with Gasteiger partial charge in [-0.05, 0) is 20.0 Å². The van der Waals surface area contributed by atoms with Crippen LogP contribution in [0.15, 0.2) is 0 Å². The highest BCUT2D eigenvalue weighted by molar-refractivity contribution is 7.80. The van der Waals surface area contributed by atoms with Gasteiger partial charge in [0, 0.05) is 0 Å². The first-order valence-corrected chi connectivity index (χ1v) is 4.91. The Morgan fingerprint density at radius 3 is 2.55 bits per heavy atom. The van der Waals surface area contributed by atoms with E-state index in [0.717, 1.165) is 6.54 Å². The predicted octanol–water partition coefficient (Wildman–Crippen LogP) is 1.59. The van der Waals surface area contributed by atoms with Crippen LogP contribution in [-0.2, 0) is 0 Å². The van der Waals surface area contributed by atoms with Crippen molar-refractivity contribution in [2.75, 3.05) is 13.6 Å². The first-order chi connectivity index (χ1) is 5.31. The van der Waals surface area contributed by atoms with Crippen molar-refractivity contribution in [2.45, 2.75) is 38.1 Å². The highest BCUT2D eigenvalue weighted by atomic mass is 32.1. The molecule has 0 heterocycles. The SMILES string of the molecule is CCCCCCNC(S)NC. The quantitative estimate of drug-likeness (QED) is 0.312. The van der Waals surface area contributed by atoms with Crippen LogP contribution < -0.4 is 10.6 Å². The van der Waals surface area contributed by atoms with Gasteiger partial charge in [-0.15, -0.1) is 12.6 Å². The van der Waals surface area contributed by atoms with Crippen molar-refractivity contribution in [1.29, 1.82) is 0 Å². The van der Waals surface area contributed by atoms with E-state index >= 15 is 0 Å². The van der Waals surface area contributed by atoms with Crippen LogP contribution in [0.25, 0.3) is 0 Å². The summed E-state index contributed by atoms with van der Waals surface area (Å²) in [5.74, 6) is 0.